The second-order valence-corrected chi connectivity index (χ2v) is 3.05. The fourth-order valence-corrected chi connectivity index (χ4v) is 0.715. The van der Waals surface area contributed by atoms with Gasteiger partial charge >= 0.3 is 0 Å². The third-order valence-corrected chi connectivity index (χ3v) is 1.76. The van der Waals surface area contributed by atoms with Crippen molar-refractivity contribution < 1.29 is 4.74 Å². The minimum absolute atomic E-state index is 0.456. The van der Waals surface area contributed by atoms with Gasteiger partial charge < -0.3 is 4.74 Å². The van der Waals surface area contributed by atoms with Gasteiger partial charge in [-0.25, -0.2) is 0 Å². The molecule has 1 nitrogen and oxygen atoms in total. The molecule has 0 amide bonds. The molecule has 0 saturated heterocycles. The second kappa shape index (κ2) is 7.55. The van der Waals surface area contributed by atoms with Crippen LogP contribution in [0.1, 0.15) is 20.3 Å². The van der Waals surface area contributed by atoms with Crippen LogP contribution in [0, 0.1) is 12.0 Å². The van der Waals surface area contributed by atoms with Crippen LogP contribution in [0.2, 0.25) is 6.82 Å². The predicted molar refractivity (Wildman–Crippen MR) is 59.6 cm³/mol. The molecule has 0 aromatic rings. The van der Waals surface area contributed by atoms with Crippen LogP contribution in [0.25, 0.3) is 0 Å². The van der Waals surface area contributed by atoms with Crippen molar-refractivity contribution in [3.05, 3.63) is 24.1 Å². The molecule has 2 heteroatoms. The molecule has 0 aromatic carbocycles. The van der Waals surface area contributed by atoms with E-state index in [1.165, 1.54) is 5.47 Å². The fraction of sp³-hybridized carbons (Fsp3) is 0.455. The van der Waals surface area contributed by atoms with Crippen LogP contribution in [0.4, 0.5) is 0 Å². The van der Waals surface area contributed by atoms with E-state index in [0.717, 1.165) is 6.42 Å². The average Bonchev–Trinajstić information content (AvgIpc) is 2.10. The van der Waals surface area contributed by atoms with Crippen LogP contribution in [-0.2, 0) is 4.74 Å². The third kappa shape index (κ3) is 7.27. The van der Waals surface area contributed by atoms with Crippen LogP contribution < -0.4 is 0 Å². The van der Waals surface area contributed by atoms with E-state index >= 15 is 0 Å². The summed E-state index contributed by atoms with van der Waals surface area (Å²) in [6.45, 7) is 10.9. The highest BCUT2D eigenvalue weighted by atomic mass is 16.5. The van der Waals surface area contributed by atoms with Crippen LogP contribution in [0.15, 0.2) is 24.1 Å². The zero-order valence-electron chi connectivity index (χ0n) is 8.76. The van der Waals surface area contributed by atoms with Crippen LogP contribution >= 0.6 is 0 Å². The number of hydrogen-bond acceptors (Lipinski definition) is 1. The number of hydrogen-bond donors (Lipinski definition) is 0. The molecule has 13 heavy (non-hydrogen) atoms. The largest absolute Gasteiger partial charge is 0.446 e. The van der Waals surface area contributed by atoms with Gasteiger partial charge in [0.05, 0.1) is 0 Å². The molecule has 0 aliphatic heterocycles. The first kappa shape index (κ1) is 11.9. The Bertz CT molecular complexity index is 232. The first-order chi connectivity index (χ1) is 6.18. The van der Waals surface area contributed by atoms with E-state index in [1.807, 2.05) is 6.92 Å². The molecule has 70 valence electrons. The number of ether oxygens (including phenoxy) is 1. The number of rotatable bonds is 5. The molecule has 0 fully saturated rings. The molecule has 0 radical (unpaired) electrons. The minimum atomic E-state index is 0.456. The van der Waals surface area contributed by atoms with E-state index in [9.17, 15) is 0 Å². The summed E-state index contributed by atoms with van der Waals surface area (Å²) in [4.78, 5) is 0. The van der Waals surface area contributed by atoms with E-state index in [-0.39, 0.29) is 0 Å². The Hall–Kier alpha value is -1.10. The monoisotopic (exact) mass is 176 g/mol. The standard InChI is InChI=1S/C11H17BO/c1-5-9-13-10-7-6-8-12(4)11(2)3/h6,8H,2,7,10H2,1,3-4H3. The van der Waals surface area contributed by atoms with Crippen molar-refractivity contribution in [2.24, 2.45) is 0 Å². The first-order valence-electron chi connectivity index (χ1n) is 4.54. The van der Waals surface area contributed by atoms with Gasteiger partial charge in [0.15, 0.2) is 6.71 Å². The summed E-state index contributed by atoms with van der Waals surface area (Å²) in [6.07, 6.45) is 5.57. The molecule has 0 aliphatic rings. The highest BCUT2D eigenvalue weighted by Gasteiger charge is 1.99. The van der Waals surface area contributed by atoms with E-state index in [0.29, 0.717) is 13.3 Å². The van der Waals surface area contributed by atoms with Gasteiger partial charge in [0.2, 0.25) is 0 Å². The lowest BCUT2D eigenvalue weighted by Gasteiger charge is -1.99. The summed E-state index contributed by atoms with van der Waals surface area (Å²) in [5.41, 5.74) is 1.19. The molecular formula is C11H17BO. The fourth-order valence-electron chi connectivity index (χ4n) is 0.715. The third-order valence-electron chi connectivity index (χ3n) is 1.76. The van der Waals surface area contributed by atoms with Gasteiger partial charge in [-0.3, -0.25) is 0 Å². The average molecular weight is 176 g/mol. The lowest BCUT2D eigenvalue weighted by Crippen LogP contribution is -2.03. The van der Waals surface area contributed by atoms with Gasteiger partial charge in [-0.05, 0) is 6.42 Å². The Balaban J connectivity index is 3.50. The van der Waals surface area contributed by atoms with E-state index in [2.05, 4.69) is 37.5 Å². The first-order valence-corrected chi connectivity index (χ1v) is 4.54. The Kier molecular flexibility index (Phi) is 6.91. The Morgan fingerprint density at radius 1 is 1.62 bits per heavy atom. The molecule has 0 aromatic heterocycles. The van der Waals surface area contributed by atoms with Crippen molar-refractivity contribution in [3.8, 4) is 12.0 Å². The van der Waals surface area contributed by atoms with Crippen molar-refractivity contribution in [2.75, 3.05) is 6.61 Å². The lowest BCUT2D eigenvalue weighted by atomic mass is 9.47. The Morgan fingerprint density at radius 2 is 2.31 bits per heavy atom. The van der Waals surface area contributed by atoms with Crippen molar-refractivity contribution in [3.63, 3.8) is 0 Å². The van der Waals surface area contributed by atoms with Crippen molar-refractivity contribution in [1.82, 2.24) is 0 Å². The molecule has 0 saturated carbocycles. The molecule has 0 atom stereocenters. The van der Waals surface area contributed by atoms with E-state index in [1.54, 1.807) is 6.92 Å². The smallest absolute Gasteiger partial charge is 0.191 e. The van der Waals surface area contributed by atoms with Crippen LogP contribution in [-0.4, -0.2) is 13.3 Å². The van der Waals surface area contributed by atoms with Crippen LogP contribution in [0.3, 0.4) is 0 Å². The molecule has 0 aliphatic carbocycles. The highest BCUT2D eigenvalue weighted by Crippen LogP contribution is 1.98. The maximum atomic E-state index is 4.99. The highest BCUT2D eigenvalue weighted by molar-refractivity contribution is 6.70. The Labute approximate surface area is 81.9 Å². The summed E-state index contributed by atoms with van der Waals surface area (Å²) in [7, 11) is 0. The maximum Gasteiger partial charge on any atom is 0.191 e. The molecule has 0 unspecified atom stereocenters. The summed E-state index contributed by atoms with van der Waals surface area (Å²) < 4.78 is 4.99. The van der Waals surface area contributed by atoms with Gasteiger partial charge in [0.25, 0.3) is 0 Å². The lowest BCUT2D eigenvalue weighted by molar-refractivity contribution is 0.284. The van der Waals surface area contributed by atoms with Crippen molar-refractivity contribution in [1.29, 1.82) is 0 Å². The topological polar surface area (TPSA) is 9.23 Å². The summed E-state index contributed by atoms with van der Waals surface area (Å²) in [5, 5.41) is 0. The summed E-state index contributed by atoms with van der Waals surface area (Å²) >= 11 is 0. The van der Waals surface area contributed by atoms with Gasteiger partial charge in [-0.15, -0.1) is 18.0 Å². The molecular weight excluding hydrogens is 159 g/mol. The molecule has 0 rings (SSSR count). The zero-order valence-corrected chi connectivity index (χ0v) is 8.76. The van der Waals surface area contributed by atoms with Crippen molar-refractivity contribution >= 4 is 6.71 Å². The normalized spacial score (nSPS) is 9.15. The van der Waals surface area contributed by atoms with Crippen LogP contribution in [0.5, 0.6) is 0 Å². The minimum Gasteiger partial charge on any atom is -0.446 e. The molecule has 0 bridgehead atoms. The molecule has 0 N–H and O–H groups in total. The zero-order chi connectivity index (χ0) is 10.1. The summed E-state index contributed by atoms with van der Waals surface area (Å²) in [5.74, 6) is 4.82. The quantitative estimate of drug-likeness (QED) is 0.355. The van der Waals surface area contributed by atoms with Gasteiger partial charge in [-0.2, -0.15) is 0 Å². The molecule has 0 spiro atoms. The maximum absolute atomic E-state index is 4.99. The van der Waals surface area contributed by atoms with Crippen molar-refractivity contribution in [2.45, 2.75) is 27.1 Å². The van der Waals surface area contributed by atoms with E-state index < -0.39 is 0 Å². The molecule has 0 heterocycles. The van der Waals surface area contributed by atoms with Gasteiger partial charge in [0, 0.05) is 6.92 Å². The Morgan fingerprint density at radius 3 is 2.85 bits per heavy atom. The predicted octanol–water partition coefficient (Wildman–Crippen LogP) is 2.71. The summed E-state index contributed by atoms with van der Waals surface area (Å²) in [6, 6.07) is 0. The van der Waals surface area contributed by atoms with Gasteiger partial charge in [-0.1, -0.05) is 25.7 Å². The SMILES string of the molecule is C=C(C)B(C)C=CCCOC#CC. The second-order valence-electron chi connectivity index (χ2n) is 3.05. The number of allylic oxidation sites excluding steroid dienone is 1. The van der Waals surface area contributed by atoms with Gasteiger partial charge in [0.1, 0.15) is 12.7 Å². The van der Waals surface area contributed by atoms with E-state index in [4.69, 9.17) is 4.74 Å².